The van der Waals surface area contributed by atoms with Gasteiger partial charge in [0, 0.05) is 19.3 Å². The molecule has 3 aromatic rings. The van der Waals surface area contributed by atoms with Crippen LogP contribution in [0.1, 0.15) is 5.56 Å². The summed E-state index contributed by atoms with van der Waals surface area (Å²) >= 11 is 0. The van der Waals surface area contributed by atoms with Crippen LogP contribution in [-0.4, -0.2) is 16.1 Å². The third-order valence-corrected chi connectivity index (χ3v) is 3.46. The smallest absolute Gasteiger partial charge is 0.203 e. The van der Waals surface area contributed by atoms with Crippen LogP contribution >= 0.6 is 0 Å². The summed E-state index contributed by atoms with van der Waals surface area (Å²) in [5.41, 5.74) is 9.91. The van der Waals surface area contributed by atoms with E-state index in [-0.39, 0.29) is 0 Å². The number of nitrogens with zero attached hydrogens (tertiary/aromatic N) is 2. The molecular formula is C16H18N4. The average Bonchev–Trinajstić information content (AvgIpc) is 2.78. The molecule has 0 aliphatic heterocycles. The Morgan fingerprint density at radius 2 is 1.85 bits per heavy atom. The van der Waals surface area contributed by atoms with Gasteiger partial charge in [-0.15, -0.1) is 0 Å². The molecule has 0 spiro atoms. The summed E-state index contributed by atoms with van der Waals surface area (Å²) in [6.07, 6.45) is 0.948. The predicted molar refractivity (Wildman–Crippen MR) is 83.8 cm³/mol. The van der Waals surface area contributed by atoms with Crippen molar-refractivity contribution < 1.29 is 0 Å². The molecule has 3 N–H and O–H groups in total. The topological polar surface area (TPSA) is 55.9 Å². The number of rotatable bonds is 4. The van der Waals surface area contributed by atoms with Gasteiger partial charge in [0.15, 0.2) is 0 Å². The van der Waals surface area contributed by atoms with Crippen molar-refractivity contribution in [1.82, 2.24) is 9.55 Å². The number of imidazole rings is 1. The Bertz CT molecular complexity index is 713. The number of anilines is 2. The van der Waals surface area contributed by atoms with Crippen LogP contribution in [0, 0.1) is 0 Å². The molecule has 0 atom stereocenters. The van der Waals surface area contributed by atoms with E-state index in [2.05, 4.69) is 33.1 Å². The molecule has 3 rings (SSSR count). The molecule has 2 aromatic carbocycles. The second kappa shape index (κ2) is 5.25. The van der Waals surface area contributed by atoms with Crippen molar-refractivity contribution in [3.05, 3.63) is 54.1 Å². The van der Waals surface area contributed by atoms with Crippen molar-refractivity contribution in [1.29, 1.82) is 0 Å². The number of aromatic nitrogens is 2. The van der Waals surface area contributed by atoms with Gasteiger partial charge in [0.25, 0.3) is 0 Å². The number of nitrogens with one attached hydrogen (secondary N) is 1. The molecule has 0 unspecified atom stereocenters. The van der Waals surface area contributed by atoms with Crippen LogP contribution < -0.4 is 11.1 Å². The molecule has 1 heterocycles. The first-order valence-corrected chi connectivity index (χ1v) is 6.74. The lowest BCUT2D eigenvalue weighted by Gasteiger charge is -2.06. The summed E-state index contributed by atoms with van der Waals surface area (Å²) in [4.78, 5) is 4.59. The van der Waals surface area contributed by atoms with E-state index in [9.17, 15) is 0 Å². The lowest BCUT2D eigenvalue weighted by Crippen LogP contribution is -2.09. The predicted octanol–water partition coefficient (Wildman–Crippen LogP) is 2.81. The van der Waals surface area contributed by atoms with Crippen molar-refractivity contribution in [3.63, 3.8) is 0 Å². The first-order valence-electron chi connectivity index (χ1n) is 6.74. The number of hydrogen-bond acceptors (Lipinski definition) is 3. The lowest BCUT2D eigenvalue weighted by molar-refractivity contribution is 0.912. The minimum absolute atomic E-state index is 0.803. The van der Waals surface area contributed by atoms with E-state index in [1.165, 1.54) is 5.56 Å². The van der Waals surface area contributed by atoms with E-state index < -0.39 is 0 Å². The zero-order chi connectivity index (χ0) is 13.9. The summed E-state index contributed by atoms with van der Waals surface area (Å²) in [5, 5.41) is 3.39. The number of fused-ring (bicyclic) bond motifs is 1. The maximum absolute atomic E-state index is 5.68. The first kappa shape index (κ1) is 12.5. The molecule has 20 heavy (non-hydrogen) atoms. The lowest BCUT2D eigenvalue weighted by atomic mass is 10.1. The standard InChI is InChI=1S/C16H18N4/c1-20-15-5-3-2-4-14(15)19-16(20)18-11-10-12-6-8-13(17)9-7-12/h2-9H,10-11,17H2,1H3,(H,18,19). The van der Waals surface area contributed by atoms with E-state index in [0.29, 0.717) is 0 Å². The monoisotopic (exact) mass is 266 g/mol. The van der Waals surface area contributed by atoms with Crippen molar-refractivity contribution in [2.75, 3.05) is 17.6 Å². The molecule has 4 nitrogen and oxygen atoms in total. The van der Waals surface area contributed by atoms with Crippen molar-refractivity contribution in [3.8, 4) is 0 Å². The third-order valence-electron chi connectivity index (χ3n) is 3.46. The molecule has 102 valence electrons. The highest BCUT2D eigenvalue weighted by Crippen LogP contribution is 2.17. The second-order valence-corrected chi connectivity index (χ2v) is 4.90. The highest BCUT2D eigenvalue weighted by molar-refractivity contribution is 5.78. The summed E-state index contributed by atoms with van der Waals surface area (Å²) < 4.78 is 2.08. The maximum atomic E-state index is 5.68. The molecule has 0 saturated carbocycles. The van der Waals surface area contributed by atoms with E-state index in [1.54, 1.807) is 0 Å². The number of nitrogen functional groups attached to an aromatic ring is 1. The number of aryl methyl sites for hydroxylation is 1. The van der Waals surface area contributed by atoms with Crippen LogP contribution in [0.25, 0.3) is 11.0 Å². The quantitative estimate of drug-likeness (QED) is 0.714. The van der Waals surface area contributed by atoms with Gasteiger partial charge in [-0.25, -0.2) is 4.98 Å². The zero-order valence-electron chi connectivity index (χ0n) is 11.5. The molecule has 0 saturated heterocycles. The van der Waals surface area contributed by atoms with Crippen LogP contribution in [0.4, 0.5) is 11.6 Å². The van der Waals surface area contributed by atoms with Crippen molar-refractivity contribution in [2.45, 2.75) is 6.42 Å². The van der Waals surface area contributed by atoms with Gasteiger partial charge in [0.1, 0.15) is 0 Å². The fraction of sp³-hybridized carbons (Fsp3) is 0.188. The fourth-order valence-corrected chi connectivity index (χ4v) is 2.31. The summed E-state index contributed by atoms with van der Waals surface area (Å²) in [6.45, 7) is 0.848. The van der Waals surface area contributed by atoms with Crippen LogP contribution in [0.3, 0.4) is 0 Å². The Morgan fingerprint density at radius 1 is 1.10 bits per heavy atom. The number of nitrogens with two attached hydrogens (primary N) is 1. The minimum Gasteiger partial charge on any atom is -0.399 e. The molecule has 0 aliphatic rings. The van der Waals surface area contributed by atoms with Gasteiger partial charge in [-0.3, -0.25) is 0 Å². The van der Waals surface area contributed by atoms with Crippen LogP contribution in [0.15, 0.2) is 48.5 Å². The molecule has 0 fully saturated rings. The van der Waals surface area contributed by atoms with Crippen LogP contribution in [0.5, 0.6) is 0 Å². The summed E-state index contributed by atoms with van der Waals surface area (Å²) in [7, 11) is 2.03. The molecule has 1 aromatic heterocycles. The van der Waals surface area contributed by atoms with E-state index >= 15 is 0 Å². The molecule has 0 amide bonds. The number of hydrogen-bond donors (Lipinski definition) is 2. The van der Waals surface area contributed by atoms with Gasteiger partial charge in [0.05, 0.1) is 11.0 Å². The molecule has 4 heteroatoms. The zero-order valence-corrected chi connectivity index (χ0v) is 11.5. The number of para-hydroxylation sites is 2. The highest BCUT2D eigenvalue weighted by atomic mass is 15.2. The minimum atomic E-state index is 0.803. The third kappa shape index (κ3) is 2.45. The van der Waals surface area contributed by atoms with Gasteiger partial charge in [-0.2, -0.15) is 0 Å². The van der Waals surface area contributed by atoms with E-state index in [0.717, 1.165) is 35.6 Å². The SMILES string of the molecule is Cn1c(NCCc2ccc(N)cc2)nc2ccccc21. The highest BCUT2D eigenvalue weighted by Gasteiger charge is 2.05. The van der Waals surface area contributed by atoms with E-state index in [1.807, 2.05) is 37.4 Å². The van der Waals surface area contributed by atoms with Gasteiger partial charge >= 0.3 is 0 Å². The Balaban J connectivity index is 1.68. The van der Waals surface area contributed by atoms with E-state index in [4.69, 9.17) is 5.73 Å². The largest absolute Gasteiger partial charge is 0.399 e. The van der Waals surface area contributed by atoms with Gasteiger partial charge in [-0.1, -0.05) is 24.3 Å². The fourth-order valence-electron chi connectivity index (χ4n) is 2.31. The Morgan fingerprint density at radius 3 is 2.60 bits per heavy atom. The van der Waals surface area contributed by atoms with Gasteiger partial charge in [0.2, 0.25) is 5.95 Å². The molecular weight excluding hydrogens is 248 g/mol. The normalized spacial score (nSPS) is 10.8. The molecule has 0 radical (unpaired) electrons. The molecule has 0 aliphatic carbocycles. The van der Waals surface area contributed by atoms with Gasteiger partial charge < -0.3 is 15.6 Å². The number of benzene rings is 2. The van der Waals surface area contributed by atoms with Crippen LogP contribution in [0.2, 0.25) is 0 Å². The molecule has 0 bridgehead atoms. The average molecular weight is 266 g/mol. The van der Waals surface area contributed by atoms with Crippen LogP contribution in [-0.2, 0) is 13.5 Å². The van der Waals surface area contributed by atoms with Gasteiger partial charge in [-0.05, 0) is 36.2 Å². The van der Waals surface area contributed by atoms with Crippen molar-refractivity contribution in [2.24, 2.45) is 7.05 Å². The summed E-state index contributed by atoms with van der Waals surface area (Å²) in [6, 6.07) is 16.1. The Kier molecular flexibility index (Phi) is 3.29. The second-order valence-electron chi connectivity index (χ2n) is 4.90. The van der Waals surface area contributed by atoms with Crippen molar-refractivity contribution >= 4 is 22.7 Å². The summed E-state index contributed by atoms with van der Waals surface area (Å²) in [5.74, 6) is 0.904. The Hall–Kier alpha value is -2.49. The Labute approximate surface area is 118 Å². The maximum Gasteiger partial charge on any atom is 0.203 e. The first-order chi connectivity index (χ1) is 9.74.